The summed E-state index contributed by atoms with van der Waals surface area (Å²) in [5.74, 6) is -1.37. The van der Waals surface area contributed by atoms with Crippen molar-refractivity contribution < 1.29 is 22.8 Å². The van der Waals surface area contributed by atoms with Crippen LogP contribution in [0.3, 0.4) is 0 Å². The van der Waals surface area contributed by atoms with Crippen LogP contribution < -0.4 is 5.32 Å². The number of benzene rings is 2. The van der Waals surface area contributed by atoms with E-state index in [1.807, 2.05) is 0 Å². The summed E-state index contributed by atoms with van der Waals surface area (Å²) in [6.07, 6.45) is 3.67. The maximum absolute atomic E-state index is 13.4. The fourth-order valence-electron chi connectivity index (χ4n) is 4.58. The molecule has 1 aliphatic carbocycles. The summed E-state index contributed by atoms with van der Waals surface area (Å²) in [4.78, 5) is 40.4. The van der Waals surface area contributed by atoms with E-state index in [1.54, 1.807) is 43.3 Å². The van der Waals surface area contributed by atoms with Crippen molar-refractivity contribution in [1.29, 1.82) is 0 Å². The fourth-order valence-corrected chi connectivity index (χ4v) is 6.34. The molecule has 0 aromatic heterocycles. The highest BCUT2D eigenvalue weighted by Crippen LogP contribution is 2.30. The van der Waals surface area contributed by atoms with E-state index in [0.29, 0.717) is 10.6 Å². The average Bonchev–Trinajstić information content (AvgIpc) is 3.41. The number of rotatable bonds is 8. The molecule has 0 bridgehead atoms. The number of hydrogen-bond acceptors (Lipinski definition) is 5. The van der Waals surface area contributed by atoms with Gasteiger partial charge < -0.3 is 10.2 Å². The van der Waals surface area contributed by atoms with Crippen LogP contribution in [0.2, 0.25) is 5.02 Å². The largest absolute Gasteiger partial charge is 0.352 e. The van der Waals surface area contributed by atoms with Crippen molar-refractivity contribution >= 4 is 39.3 Å². The third-order valence-corrected chi connectivity index (χ3v) is 8.82. The normalized spacial score (nSPS) is 17.8. The first-order valence-corrected chi connectivity index (χ1v) is 13.5. The molecular formula is C25H28ClN3O5S. The van der Waals surface area contributed by atoms with Gasteiger partial charge >= 0.3 is 0 Å². The van der Waals surface area contributed by atoms with E-state index < -0.39 is 27.9 Å². The second kappa shape index (κ2) is 10.4. The van der Waals surface area contributed by atoms with E-state index in [4.69, 9.17) is 11.6 Å². The summed E-state index contributed by atoms with van der Waals surface area (Å²) < 4.78 is 26.4. The number of fused-ring (bicyclic) bond motifs is 1. The van der Waals surface area contributed by atoms with Crippen LogP contribution in [0.1, 0.15) is 54.9 Å². The predicted octanol–water partition coefficient (Wildman–Crippen LogP) is 3.35. The number of amides is 3. The maximum Gasteiger partial charge on any atom is 0.269 e. The van der Waals surface area contributed by atoms with Crippen molar-refractivity contribution in [3.8, 4) is 0 Å². The van der Waals surface area contributed by atoms with Crippen molar-refractivity contribution in [2.75, 3.05) is 6.54 Å². The van der Waals surface area contributed by atoms with Gasteiger partial charge in [0.1, 0.15) is 10.9 Å². The molecule has 4 rings (SSSR count). The first-order chi connectivity index (χ1) is 16.7. The fraction of sp³-hybridized carbons (Fsp3) is 0.400. The summed E-state index contributed by atoms with van der Waals surface area (Å²) in [5.41, 5.74) is 0.762. The van der Waals surface area contributed by atoms with E-state index in [-0.39, 0.29) is 41.9 Å². The van der Waals surface area contributed by atoms with Crippen LogP contribution in [0.25, 0.3) is 0 Å². The summed E-state index contributed by atoms with van der Waals surface area (Å²) in [6, 6.07) is 12.3. The Morgan fingerprint density at radius 1 is 1.11 bits per heavy atom. The summed E-state index contributed by atoms with van der Waals surface area (Å²) in [7, 11) is -4.02. The molecule has 1 fully saturated rings. The van der Waals surface area contributed by atoms with Gasteiger partial charge in [-0.15, -0.1) is 0 Å². The standard InChI is InChI=1S/C25H28ClN3O5S/c1-17(24(31)27-19-9-3-4-10-19)28(16-18-8-2-6-12-21(18)26)23(30)14-15-29-25(32)20-11-5-7-13-22(20)35(29,33)34/h2,5-8,11-13,17,19H,3-4,9-10,14-16H2,1H3,(H,27,31)/t17-/m1/s1. The molecule has 35 heavy (non-hydrogen) atoms. The van der Waals surface area contributed by atoms with E-state index in [1.165, 1.54) is 17.0 Å². The molecule has 10 heteroatoms. The number of sulfonamides is 1. The minimum atomic E-state index is -4.02. The molecule has 186 valence electrons. The van der Waals surface area contributed by atoms with Crippen LogP contribution in [-0.2, 0) is 26.2 Å². The lowest BCUT2D eigenvalue weighted by atomic mass is 10.1. The molecule has 1 atom stereocenters. The third-order valence-electron chi connectivity index (χ3n) is 6.61. The van der Waals surface area contributed by atoms with Gasteiger partial charge in [-0.3, -0.25) is 14.4 Å². The maximum atomic E-state index is 13.4. The van der Waals surface area contributed by atoms with E-state index in [0.717, 1.165) is 30.0 Å². The molecule has 3 amide bonds. The molecule has 0 radical (unpaired) electrons. The number of nitrogens with one attached hydrogen (secondary N) is 1. The summed E-state index contributed by atoms with van der Waals surface area (Å²) in [6.45, 7) is 1.41. The minimum absolute atomic E-state index is 0.0605. The zero-order chi connectivity index (χ0) is 25.2. The van der Waals surface area contributed by atoms with Crippen LogP contribution in [0.5, 0.6) is 0 Å². The van der Waals surface area contributed by atoms with Gasteiger partial charge in [-0.2, -0.15) is 0 Å². The summed E-state index contributed by atoms with van der Waals surface area (Å²) >= 11 is 6.31. The number of carbonyl (C=O) groups excluding carboxylic acids is 3. The molecular weight excluding hydrogens is 490 g/mol. The smallest absolute Gasteiger partial charge is 0.269 e. The Kier molecular flexibility index (Phi) is 7.47. The molecule has 1 heterocycles. The molecule has 1 aliphatic heterocycles. The Labute approximate surface area is 210 Å². The van der Waals surface area contributed by atoms with Gasteiger partial charge in [-0.05, 0) is 43.5 Å². The van der Waals surface area contributed by atoms with E-state index in [9.17, 15) is 22.8 Å². The second-order valence-electron chi connectivity index (χ2n) is 8.91. The molecule has 0 spiro atoms. The topological polar surface area (TPSA) is 104 Å². The quantitative estimate of drug-likeness (QED) is 0.578. The van der Waals surface area contributed by atoms with Crippen LogP contribution >= 0.6 is 11.6 Å². The third kappa shape index (κ3) is 5.21. The minimum Gasteiger partial charge on any atom is -0.352 e. The predicted molar refractivity (Wildman–Crippen MR) is 131 cm³/mol. The Morgan fingerprint density at radius 2 is 1.77 bits per heavy atom. The van der Waals surface area contributed by atoms with Crippen molar-refractivity contribution in [3.63, 3.8) is 0 Å². The van der Waals surface area contributed by atoms with Gasteiger partial charge in [0.15, 0.2) is 0 Å². The zero-order valence-electron chi connectivity index (χ0n) is 19.4. The SMILES string of the molecule is C[C@H](C(=O)NC1CCCC1)N(Cc1ccccc1Cl)C(=O)CCN1C(=O)c2ccccc2S1(=O)=O. The highest BCUT2D eigenvalue weighted by molar-refractivity contribution is 7.90. The van der Waals surface area contributed by atoms with Gasteiger partial charge in [0.25, 0.3) is 15.9 Å². The van der Waals surface area contributed by atoms with Crippen LogP contribution in [0.15, 0.2) is 53.4 Å². The van der Waals surface area contributed by atoms with Crippen molar-refractivity contribution in [3.05, 3.63) is 64.7 Å². The molecule has 2 aromatic rings. The molecule has 1 N–H and O–H groups in total. The van der Waals surface area contributed by atoms with Gasteiger partial charge in [0.05, 0.1) is 5.56 Å². The lowest BCUT2D eigenvalue weighted by Gasteiger charge is -2.30. The van der Waals surface area contributed by atoms with E-state index >= 15 is 0 Å². The van der Waals surface area contributed by atoms with E-state index in [2.05, 4.69) is 5.32 Å². The van der Waals surface area contributed by atoms with Crippen LogP contribution in [-0.4, -0.2) is 54.0 Å². The number of hydrogen-bond donors (Lipinski definition) is 1. The molecule has 2 aromatic carbocycles. The van der Waals surface area contributed by atoms with Crippen LogP contribution in [0, 0.1) is 0 Å². The van der Waals surface area contributed by atoms with Crippen molar-refractivity contribution in [2.24, 2.45) is 0 Å². The average molecular weight is 518 g/mol. The first-order valence-electron chi connectivity index (χ1n) is 11.7. The Balaban J connectivity index is 1.51. The van der Waals surface area contributed by atoms with Gasteiger partial charge in [0, 0.05) is 30.6 Å². The Hall–Kier alpha value is -2.91. The summed E-state index contributed by atoms with van der Waals surface area (Å²) in [5, 5.41) is 3.48. The van der Waals surface area contributed by atoms with Gasteiger partial charge in [-0.1, -0.05) is 54.8 Å². The zero-order valence-corrected chi connectivity index (χ0v) is 21.0. The molecule has 0 saturated heterocycles. The lowest BCUT2D eigenvalue weighted by molar-refractivity contribution is -0.140. The molecule has 2 aliphatic rings. The van der Waals surface area contributed by atoms with Crippen molar-refractivity contribution in [1.82, 2.24) is 14.5 Å². The van der Waals surface area contributed by atoms with Crippen LogP contribution in [0.4, 0.5) is 0 Å². The number of halogens is 1. The molecule has 0 unspecified atom stereocenters. The Bertz CT molecular complexity index is 1240. The van der Waals surface area contributed by atoms with Gasteiger partial charge in [0.2, 0.25) is 11.8 Å². The Morgan fingerprint density at radius 3 is 2.46 bits per heavy atom. The number of carbonyl (C=O) groups is 3. The molecule has 1 saturated carbocycles. The highest BCUT2D eigenvalue weighted by atomic mass is 35.5. The highest BCUT2D eigenvalue weighted by Gasteiger charge is 2.41. The monoisotopic (exact) mass is 517 g/mol. The lowest BCUT2D eigenvalue weighted by Crippen LogP contribution is -2.50. The van der Waals surface area contributed by atoms with Crippen molar-refractivity contribution in [2.45, 2.75) is 62.6 Å². The second-order valence-corrected chi connectivity index (χ2v) is 11.1. The number of nitrogens with zero attached hydrogens (tertiary/aromatic N) is 2. The van der Waals surface area contributed by atoms with Gasteiger partial charge in [-0.25, -0.2) is 12.7 Å². The first kappa shape index (κ1) is 25.2. The molecule has 8 nitrogen and oxygen atoms in total.